The van der Waals surface area contributed by atoms with Crippen LogP contribution in [0.5, 0.6) is 0 Å². The van der Waals surface area contributed by atoms with E-state index >= 15 is 0 Å². The Hall–Kier alpha value is -0.0800. The standard InChI is InChI=1S/C18H32N2/c1-14-11-20(12-17-10-15-5-6-16(17)9-15)18(13-19-14)7-3-2-4-8-18/h14-17,19H,2-13H2,1H3. The fraction of sp³-hybridized carbons (Fsp3) is 1.00. The molecule has 1 N–H and O–H groups in total. The van der Waals surface area contributed by atoms with Gasteiger partial charge in [0.05, 0.1) is 0 Å². The number of hydrogen-bond donors (Lipinski definition) is 1. The Balaban J connectivity index is 1.47. The van der Waals surface area contributed by atoms with Crippen molar-refractivity contribution < 1.29 is 0 Å². The Labute approximate surface area is 124 Å². The summed E-state index contributed by atoms with van der Waals surface area (Å²) in [6, 6.07) is 0.696. The third-order valence-corrected chi connectivity index (χ3v) is 7.07. The quantitative estimate of drug-likeness (QED) is 0.831. The summed E-state index contributed by atoms with van der Waals surface area (Å²) in [6.07, 6.45) is 13.5. The highest BCUT2D eigenvalue weighted by molar-refractivity contribution is 5.02. The van der Waals surface area contributed by atoms with E-state index < -0.39 is 0 Å². The van der Waals surface area contributed by atoms with Crippen LogP contribution in [0.2, 0.25) is 0 Å². The van der Waals surface area contributed by atoms with Gasteiger partial charge in [0.2, 0.25) is 0 Å². The van der Waals surface area contributed by atoms with Gasteiger partial charge in [0.1, 0.15) is 0 Å². The summed E-state index contributed by atoms with van der Waals surface area (Å²) in [5.41, 5.74) is 0.534. The second-order valence-electron chi connectivity index (χ2n) is 8.41. The first-order valence-electron chi connectivity index (χ1n) is 9.24. The molecule has 2 nitrogen and oxygen atoms in total. The molecule has 20 heavy (non-hydrogen) atoms. The van der Waals surface area contributed by atoms with Gasteiger partial charge in [-0.25, -0.2) is 0 Å². The molecule has 1 heterocycles. The van der Waals surface area contributed by atoms with Crippen molar-refractivity contribution in [1.29, 1.82) is 0 Å². The Morgan fingerprint density at radius 2 is 1.95 bits per heavy atom. The van der Waals surface area contributed by atoms with Crippen LogP contribution >= 0.6 is 0 Å². The smallest absolute Gasteiger partial charge is 0.0334 e. The van der Waals surface area contributed by atoms with E-state index in [2.05, 4.69) is 17.1 Å². The summed E-state index contributed by atoms with van der Waals surface area (Å²) in [5.74, 6) is 3.23. The van der Waals surface area contributed by atoms with E-state index in [9.17, 15) is 0 Å². The van der Waals surface area contributed by atoms with Crippen molar-refractivity contribution in [3.8, 4) is 0 Å². The molecule has 0 aromatic heterocycles. The van der Waals surface area contributed by atoms with Gasteiger partial charge in [-0.05, 0) is 56.8 Å². The van der Waals surface area contributed by atoms with Crippen LogP contribution < -0.4 is 5.32 Å². The fourth-order valence-corrected chi connectivity index (χ4v) is 5.92. The van der Waals surface area contributed by atoms with Gasteiger partial charge in [0.15, 0.2) is 0 Å². The fourth-order valence-electron chi connectivity index (χ4n) is 5.92. The van der Waals surface area contributed by atoms with Crippen molar-refractivity contribution in [3.05, 3.63) is 0 Å². The molecule has 4 atom stereocenters. The van der Waals surface area contributed by atoms with E-state index in [4.69, 9.17) is 0 Å². The van der Waals surface area contributed by atoms with E-state index in [0.717, 1.165) is 17.8 Å². The second kappa shape index (κ2) is 5.28. The molecule has 4 rings (SSSR count). The van der Waals surface area contributed by atoms with Crippen molar-refractivity contribution in [3.63, 3.8) is 0 Å². The minimum absolute atomic E-state index is 0.534. The molecule has 2 heteroatoms. The molecule has 1 aliphatic heterocycles. The van der Waals surface area contributed by atoms with Crippen molar-refractivity contribution in [1.82, 2.24) is 10.2 Å². The van der Waals surface area contributed by atoms with Gasteiger partial charge in [-0.2, -0.15) is 0 Å². The van der Waals surface area contributed by atoms with Crippen LogP contribution in [-0.4, -0.2) is 36.1 Å². The lowest BCUT2D eigenvalue weighted by atomic mass is 9.77. The lowest BCUT2D eigenvalue weighted by Gasteiger charge is -2.53. The zero-order valence-corrected chi connectivity index (χ0v) is 13.2. The predicted molar refractivity (Wildman–Crippen MR) is 83.8 cm³/mol. The van der Waals surface area contributed by atoms with Crippen LogP contribution in [-0.2, 0) is 0 Å². The van der Waals surface area contributed by atoms with Crippen molar-refractivity contribution in [2.45, 2.75) is 76.3 Å². The number of hydrogen-bond acceptors (Lipinski definition) is 2. The van der Waals surface area contributed by atoms with E-state index in [-0.39, 0.29) is 0 Å². The SMILES string of the molecule is CC1CN(CC2CC3CCC2C3)C2(CCCCC2)CN1. The van der Waals surface area contributed by atoms with Crippen LogP contribution in [0, 0.1) is 17.8 Å². The molecule has 0 aromatic rings. The molecule has 3 saturated carbocycles. The molecule has 0 aromatic carbocycles. The molecular formula is C18H32N2. The maximum Gasteiger partial charge on any atom is 0.0334 e. The number of nitrogens with one attached hydrogen (secondary N) is 1. The van der Waals surface area contributed by atoms with Crippen molar-refractivity contribution in [2.75, 3.05) is 19.6 Å². The highest BCUT2D eigenvalue weighted by Gasteiger charge is 2.45. The Morgan fingerprint density at radius 3 is 2.65 bits per heavy atom. The Kier molecular flexibility index (Phi) is 3.58. The van der Waals surface area contributed by atoms with Gasteiger partial charge in [-0.3, -0.25) is 4.90 Å². The molecule has 0 radical (unpaired) electrons. The molecule has 4 unspecified atom stereocenters. The van der Waals surface area contributed by atoms with E-state index in [1.54, 1.807) is 25.7 Å². The summed E-state index contributed by atoms with van der Waals surface area (Å²) in [4.78, 5) is 2.96. The topological polar surface area (TPSA) is 15.3 Å². The Bertz CT molecular complexity index is 347. The molecular weight excluding hydrogens is 244 g/mol. The summed E-state index contributed by atoms with van der Waals surface area (Å²) in [5, 5.41) is 3.79. The summed E-state index contributed by atoms with van der Waals surface area (Å²) >= 11 is 0. The second-order valence-corrected chi connectivity index (χ2v) is 8.41. The van der Waals surface area contributed by atoms with Crippen molar-refractivity contribution >= 4 is 0 Å². The Morgan fingerprint density at radius 1 is 1.10 bits per heavy atom. The zero-order chi connectivity index (χ0) is 13.6. The summed E-state index contributed by atoms with van der Waals surface area (Å²) in [6.45, 7) is 6.36. The first kappa shape index (κ1) is 13.6. The summed E-state index contributed by atoms with van der Waals surface area (Å²) in [7, 11) is 0. The molecule has 4 aliphatic rings. The molecule has 3 aliphatic carbocycles. The third kappa shape index (κ3) is 2.33. The van der Waals surface area contributed by atoms with Gasteiger partial charge < -0.3 is 5.32 Å². The lowest BCUT2D eigenvalue weighted by molar-refractivity contribution is -0.00462. The minimum atomic E-state index is 0.534. The summed E-state index contributed by atoms with van der Waals surface area (Å²) < 4.78 is 0. The van der Waals surface area contributed by atoms with E-state index in [1.807, 2.05) is 0 Å². The lowest BCUT2D eigenvalue weighted by Crippen LogP contribution is -2.65. The highest BCUT2D eigenvalue weighted by Crippen LogP contribution is 2.49. The molecule has 0 amide bonds. The van der Waals surface area contributed by atoms with E-state index in [1.165, 1.54) is 51.7 Å². The minimum Gasteiger partial charge on any atom is -0.311 e. The van der Waals surface area contributed by atoms with Gasteiger partial charge in [0.25, 0.3) is 0 Å². The van der Waals surface area contributed by atoms with E-state index in [0.29, 0.717) is 11.6 Å². The van der Waals surface area contributed by atoms with Crippen LogP contribution in [0.25, 0.3) is 0 Å². The molecule has 114 valence electrons. The highest BCUT2D eigenvalue weighted by atomic mass is 15.3. The molecule has 1 saturated heterocycles. The molecule has 2 bridgehead atoms. The number of nitrogens with zero attached hydrogens (tertiary/aromatic N) is 1. The van der Waals surface area contributed by atoms with Gasteiger partial charge in [-0.15, -0.1) is 0 Å². The number of piperazine rings is 1. The maximum atomic E-state index is 3.79. The van der Waals surface area contributed by atoms with Crippen molar-refractivity contribution in [2.24, 2.45) is 17.8 Å². The first-order chi connectivity index (χ1) is 9.75. The molecule has 4 fully saturated rings. The largest absolute Gasteiger partial charge is 0.311 e. The normalized spacial score (nSPS) is 44.2. The third-order valence-electron chi connectivity index (χ3n) is 7.07. The van der Waals surface area contributed by atoms with Crippen LogP contribution in [0.1, 0.15) is 64.7 Å². The zero-order valence-electron chi connectivity index (χ0n) is 13.2. The van der Waals surface area contributed by atoms with Gasteiger partial charge in [-0.1, -0.05) is 25.7 Å². The van der Waals surface area contributed by atoms with Gasteiger partial charge in [0, 0.05) is 31.2 Å². The van der Waals surface area contributed by atoms with Crippen LogP contribution in [0.4, 0.5) is 0 Å². The van der Waals surface area contributed by atoms with Crippen LogP contribution in [0.15, 0.2) is 0 Å². The molecule has 1 spiro atoms. The first-order valence-corrected chi connectivity index (χ1v) is 9.24. The average molecular weight is 276 g/mol. The van der Waals surface area contributed by atoms with Crippen LogP contribution in [0.3, 0.4) is 0 Å². The monoisotopic (exact) mass is 276 g/mol. The number of rotatable bonds is 2. The maximum absolute atomic E-state index is 3.79. The number of fused-ring (bicyclic) bond motifs is 2. The van der Waals surface area contributed by atoms with Gasteiger partial charge >= 0.3 is 0 Å². The predicted octanol–water partition coefficient (Wildman–Crippen LogP) is 3.42. The average Bonchev–Trinajstić information content (AvgIpc) is 3.07.